The Balaban J connectivity index is 2.66. The molecule has 0 saturated heterocycles. The molecular formula is C4H9ClSi. The molecule has 0 aliphatic rings. The molecule has 0 fully saturated rings. The predicted molar refractivity (Wildman–Crippen MR) is 34.0 cm³/mol. The standard InChI is InChI=1S/C4H9ClSi/c1-2-3-4-6-5/h2-3H,4,6H2,1H3/b3-2+. The van der Waals surface area contributed by atoms with E-state index in [0.717, 1.165) is 6.04 Å². The predicted octanol–water partition coefficient (Wildman–Crippen LogP) is 1.30. The molecule has 0 saturated carbocycles. The van der Waals surface area contributed by atoms with Crippen molar-refractivity contribution in [3.05, 3.63) is 12.2 Å². The van der Waals surface area contributed by atoms with Gasteiger partial charge >= 0.3 is 0 Å². The van der Waals surface area contributed by atoms with Crippen LogP contribution in [0.15, 0.2) is 12.2 Å². The van der Waals surface area contributed by atoms with Gasteiger partial charge in [0.1, 0.15) is 8.83 Å². The van der Waals surface area contributed by atoms with E-state index in [2.05, 4.69) is 6.08 Å². The van der Waals surface area contributed by atoms with Gasteiger partial charge in [-0.1, -0.05) is 12.2 Å². The average molecular weight is 121 g/mol. The highest BCUT2D eigenvalue weighted by Crippen LogP contribution is 1.82. The van der Waals surface area contributed by atoms with Gasteiger partial charge in [0.05, 0.1) is 0 Å². The topological polar surface area (TPSA) is 0 Å². The molecule has 0 N–H and O–H groups in total. The van der Waals surface area contributed by atoms with E-state index < -0.39 is 0 Å². The SMILES string of the molecule is C/C=C/C[SiH2]Cl. The molecule has 0 atom stereocenters. The molecule has 0 radical (unpaired) electrons. The van der Waals surface area contributed by atoms with Crippen LogP contribution in [-0.4, -0.2) is 8.83 Å². The lowest BCUT2D eigenvalue weighted by Gasteiger charge is -1.72. The molecule has 0 unspecified atom stereocenters. The van der Waals surface area contributed by atoms with Crippen molar-refractivity contribution in [1.82, 2.24) is 0 Å². The molecule has 0 aliphatic carbocycles. The van der Waals surface area contributed by atoms with E-state index in [0.29, 0.717) is 0 Å². The molecule has 0 rings (SSSR count). The van der Waals surface area contributed by atoms with Crippen LogP contribution in [0.25, 0.3) is 0 Å². The van der Waals surface area contributed by atoms with E-state index in [1.807, 2.05) is 13.0 Å². The van der Waals surface area contributed by atoms with Gasteiger partial charge in [-0.05, 0) is 13.0 Å². The highest BCUT2D eigenvalue weighted by molar-refractivity contribution is 6.93. The van der Waals surface area contributed by atoms with Crippen LogP contribution in [0.5, 0.6) is 0 Å². The number of halogens is 1. The van der Waals surface area contributed by atoms with Crippen molar-refractivity contribution < 1.29 is 0 Å². The second kappa shape index (κ2) is 5.25. The molecule has 6 heavy (non-hydrogen) atoms. The van der Waals surface area contributed by atoms with Crippen LogP contribution in [0.4, 0.5) is 0 Å². The summed E-state index contributed by atoms with van der Waals surface area (Å²) in [4.78, 5) is 0. The maximum atomic E-state index is 5.47. The van der Waals surface area contributed by atoms with E-state index in [-0.39, 0.29) is 8.83 Å². The Kier molecular flexibility index (Phi) is 5.46. The minimum Gasteiger partial charge on any atom is -0.176 e. The number of allylic oxidation sites excluding steroid dienone is 2. The van der Waals surface area contributed by atoms with Gasteiger partial charge in [0.2, 0.25) is 0 Å². The summed E-state index contributed by atoms with van der Waals surface area (Å²) in [7, 11) is -0.212. The van der Waals surface area contributed by atoms with Gasteiger partial charge in [-0.3, -0.25) is 0 Å². The minimum atomic E-state index is -0.212. The van der Waals surface area contributed by atoms with Crippen molar-refractivity contribution in [2.45, 2.75) is 13.0 Å². The minimum absolute atomic E-state index is 0.212. The van der Waals surface area contributed by atoms with Crippen LogP contribution in [-0.2, 0) is 0 Å². The van der Waals surface area contributed by atoms with Crippen molar-refractivity contribution in [2.75, 3.05) is 0 Å². The third-order valence-electron chi connectivity index (χ3n) is 0.511. The summed E-state index contributed by atoms with van der Waals surface area (Å²) in [5.41, 5.74) is 0. The lowest BCUT2D eigenvalue weighted by atomic mass is 10.6. The Morgan fingerprint density at radius 3 is 2.67 bits per heavy atom. The van der Waals surface area contributed by atoms with E-state index >= 15 is 0 Å². The molecule has 0 bridgehead atoms. The summed E-state index contributed by atoms with van der Waals surface area (Å²) < 4.78 is 0. The summed E-state index contributed by atoms with van der Waals surface area (Å²) in [6, 6.07) is 1.14. The highest BCUT2D eigenvalue weighted by Gasteiger charge is 1.69. The monoisotopic (exact) mass is 120 g/mol. The van der Waals surface area contributed by atoms with Crippen LogP contribution in [0.2, 0.25) is 6.04 Å². The van der Waals surface area contributed by atoms with Gasteiger partial charge < -0.3 is 0 Å². The van der Waals surface area contributed by atoms with Crippen molar-refractivity contribution >= 4 is 19.9 Å². The Bertz CT molecular complexity index is 42.8. The van der Waals surface area contributed by atoms with E-state index in [4.69, 9.17) is 11.1 Å². The largest absolute Gasteiger partial charge is 0.176 e. The molecule has 0 spiro atoms. The Hall–Kier alpha value is 0.247. The first-order valence-corrected chi connectivity index (χ1v) is 5.22. The molecule has 0 heterocycles. The Morgan fingerprint density at radius 2 is 2.50 bits per heavy atom. The summed E-state index contributed by atoms with van der Waals surface area (Å²) in [5, 5.41) is 0. The molecule has 0 aromatic heterocycles. The maximum absolute atomic E-state index is 5.47. The number of rotatable bonds is 2. The summed E-state index contributed by atoms with van der Waals surface area (Å²) >= 11 is 5.47. The fourth-order valence-corrected chi connectivity index (χ4v) is 1.07. The average Bonchev–Trinajstić information content (AvgIpc) is 1.61. The molecule has 0 aromatic rings. The zero-order valence-electron chi connectivity index (χ0n) is 3.95. The van der Waals surface area contributed by atoms with Crippen LogP contribution in [0.1, 0.15) is 6.92 Å². The molecule has 36 valence electrons. The first-order valence-electron chi connectivity index (χ1n) is 2.09. The lowest BCUT2D eigenvalue weighted by Crippen LogP contribution is -1.66. The second-order valence-electron chi connectivity index (χ2n) is 1.05. The molecule has 0 aromatic carbocycles. The lowest BCUT2D eigenvalue weighted by molar-refractivity contribution is 1.62. The maximum Gasteiger partial charge on any atom is 0.129 e. The van der Waals surface area contributed by atoms with Gasteiger partial charge in [-0.15, -0.1) is 0 Å². The second-order valence-corrected chi connectivity index (χ2v) is 3.14. The molecule has 0 amide bonds. The van der Waals surface area contributed by atoms with Crippen LogP contribution in [0, 0.1) is 0 Å². The number of hydrogen-bond acceptors (Lipinski definition) is 0. The first kappa shape index (κ1) is 6.25. The van der Waals surface area contributed by atoms with Gasteiger partial charge in [0.25, 0.3) is 0 Å². The zero-order valence-corrected chi connectivity index (χ0v) is 6.12. The van der Waals surface area contributed by atoms with Gasteiger partial charge in [-0.2, -0.15) is 11.1 Å². The number of hydrogen-bond donors (Lipinski definition) is 0. The third-order valence-corrected chi connectivity index (χ3v) is 1.72. The van der Waals surface area contributed by atoms with Gasteiger partial charge in [-0.25, -0.2) is 0 Å². The van der Waals surface area contributed by atoms with Crippen molar-refractivity contribution in [3.8, 4) is 0 Å². The van der Waals surface area contributed by atoms with Crippen molar-refractivity contribution in [2.24, 2.45) is 0 Å². The Labute approximate surface area is 45.7 Å². The molecular weight excluding hydrogens is 112 g/mol. The van der Waals surface area contributed by atoms with Gasteiger partial charge in [0.15, 0.2) is 0 Å². The molecule has 2 heteroatoms. The summed E-state index contributed by atoms with van der Waals surface area (Å²) in [6.45, 7) is 2.01. The molecule has 0 aliphatic heterocycles. The quantitative estimate of drug-likeness (QED) is 0.293. The normalized spacial score (nSPS) is 12.3. The van der Waals surface area contributed by atoms with Crippen LogP contribution in [0.3, 0.4) is 0 Å². The summed E-state index contributed by atoms with van der Waals surface area (Å²) in [6.07, 6.45) is 4.15. The van der Waals surface area contributed by atoms with Crippen molar-refractivity contribution in [3.63, 3.8) is 0 Å². The Morgan fingerprint density at radius 1 is 1.83 bits per heavy atom. The van der Waals surface area contributed by atoms with Crippen LogP contribution < -0.4 is 0 Å². The van der Waals surface area contributed by atoms with Gasteiger partial charge in [0, 0.05) is 0 Å². The fraction of sp³-hybridized carbons (Fsp3) is 0.500. The van der Waals surface area contributed by atoms with Crippen LogP contribution >= 0.6 is 11.1 Å². The summed E-state index contributed by atoms with van der Waals surface area (Å²) in [5.74, 6) is 0. The third kappa shape index (κ3) is 4.25. The highest BCUT2D eigenvalue weighted by atomic mass is 35.6. The zero-order chi connectivity index (χ0) is 4.83. The van der Waals surface area contributed by atoms with E-state index in [1.54, 1.807) is 0 Å². The van der Waals surface area contributed by atoms with E-state index in [9.17, 15) is 0 Å². The molecule has 0 nitrogen and oxygen atoms in total. The van der Waals surface area contributed by atoms with Crippen molar-refractivity contribution in [1.29, 1.82) is 0 Å². The first-order chi connectivity index (χ1) is 2.91. The smallest absolute Gasteiger partial charge is 0.129 e. The van der Waals surface area contributed by atoms with E-state index in [1.165, 1.54) is 0 Å². The fourth-order valence-electron chi connectivity index (χ4n) is 0.230.